The highest BCUT2D eigenvalue weighted by Gasteiger charge is 2.28. The fourth-order valence-corrected chi connectivity index (χ4v) is 3.10. The van der Waals surface area contributed by atoms with E-state index >= 15 is 0 Å². The van der Waals surface area contributed by atoms with E-state index in [0.717, 1.165) is 22.4 Å². The minimum Gasteiger partial charge on any atom is -0.444 e. The third kappa shape index (κ3) is 5.18. The number of halogens is 2. The molecule has 1 amide bonds. The van der Waals surface area contributed by atoms with Crippen LogP contribution in [0.3, 0.4) is 0 Å². The van der Waals surface area contributed by atoms with Gasteiger partial charge in [0.25, 0.3) is 0 Å². The van der Waals surface area contributed by atoms with Crippen molar-refractivity contribution < 1.29 is 9.53 Å². The topological polar surface area (TPSA) is 54.5 Å². The summed E-state index contributed by atoms with van der Waals surface area (Å²) >= 11 is 8.19. The molecule has 1 aliphatic rings. The Labute approximate surface area is 143 Å². The highest BCUT2D eigenvalue weighted by Crippen LogP contribution is 2.24. The van der Waals surface area contributed by atoms with Gasteiger partial charge in [-0.25, -0.2) is 9.78 Å². The Hall–Kier alpha value is -0.760. The fraction of sp³-hybridized carbons (Fsp3) is 0.571. The Morgan fingerprint density at radius 2 is 2.24 bits per heavy atom. The van der Waals surface area contributed by atoms with Crippen LogP contribution in [0.2, 0.25) is 5.15 Å². The lowest BCUT2D eigenvalue weighted by atomic mass is 10.1. The van der Waals surface area contributed by atoms with Gasteiger partial charge in [-0.05, 0) is 55.5 Å². The van der Waals surface area contributed by atoms with Crippen molar-refractivity contribution in [1.29, 1.82) is 0 Å². The van der Waals surface area contributed by atoms with Crippen LogP contribution in [0, 0.1) is 3.57 Å². The predicted octanol–water partition coefficient (Wildman–Crippen LogP) is 3.44. The van der Waals surface area contributed by atoms with E-state index in [1.54, 1.807) is 0 Å². The van der Waals surface area contributed by atoms with Gasteiger partial charge < -0.3 is 15.0 Å². The van der Waals surface area contributed by atoms with E-state index < -0.39 is 0 Å². The molecular formula is C14H19ClIN3O2. The summed E-state index contributed by atoms with van der Waals surface area (Å²) < 4.78 is 6.48. The number of rotatable bonds is 2. The Bertz CT molecular complexity index is 513. The third-order valence-electron chi connectivity index (χ3n) is 2.97. The summed E-state index contributed by atoms with van der Waals surface area (Å²) in [5.41, 5.74) is -0.292. The van der Waals surface area contributed by atoms with Gasteiger partial charge in [0.2, 0.25) is 0 Å². The largest absolute Gasteiger partial charge is 0.444 e. The lowest BCUT2D eigenvalue weighted by Gasteiger charge is -2.22. The SMILES string of the molecule is CC(C)(C)NC(=O)O[C@H]1CCN(c2cc(I)cc(Cl)n2)C1. The molecule has 0 spiro atoms. The summed E-state index contributed by atoms with van der Waals surface area (Å²) in [6.45, 7) is 7.21. The number of alkyl carbamates (subject to hydrolysis) is 1. The molecule has 21 heavy (non-hydrogen) atoms. The summed E-state index contributed by atoms with van der Waals surface area (Å²) in [6.07, 6.45) is 0.302. The molecule has 1 aromatic heterocycles. The number of carbonyl (C=O) groups excluding carboxylic acids is 1. The number of hydrogen-bond donors (Lipinski definition) is 1. The number of nitrogens with zero attached hydrogens (tertiary/aromatic N) is 2. The minimum absolute atomic E-state index is 0.120. The van der Waals surface area contributed by atoms with Gasteiger partial charge in [0.05, 0.1) is 6.54 Å². The molecule has 0 saturated carbocycles. The predicted molar refractivity (Wildman–Crippen MR) is 92.0 cm³/mol. The summed E-state index contributed by atoms with van der Waals surface area (Å²) in [6, 6.07) is 3.79. The first kappa shape index (κ1) is 16.6. The van der Waals surface area contributed by atoms with E-state index in [0.29, 0.717) is 11.7 Å². The molecule has 1 fully saturated rings. The van der Waals surface area contributed by atoms with E-state index in [2.05, 4.69) is 37.8 Å². The molecule has 1 saturated heterocycles. The third-order valence-corrected chi connectivity index (χ3v) is 3.78. The molecule has 1 aliphatic heterocycles. The summed E-state index contributed by atoms with van der Waals surface area (Å²) in [7, 11) is 0. The van der Waals surface area contributed by atoms with Crippen LogP contribution in [0.25, 0.3) is 0 Å². The number of ether oxygens (including phenoxy) is 1. The van der Waals surface area contributed by atoms with Crippen LogP contribution in [0.5, 0.6) is 0 Å². The molecule has 2 rings (SSSR count). The zero-order valence-corrected chi connectivity index (χ0v) is 15.2. The van der Waals surface area contributed by atoms with Crippen LogP contribution in [0.15, 0.2) is 12.1 Å². The maximum atomic E-state index is 11.8. The highest BCUT2D eigenvalue weighted by molar-refractivity contribution is 14.1. The number of nitrogens with one attached hydrogen (secondary N) is 1. The van der Waals surface area contributed by atoms with Crippen molar-refractivity contribution in [3.8, 4) is 0 Å². The molecule has 0 unspecified atom stereocenters. The van der Waals surface area contributed by atoms with Gasteiger partial charge in [-0.3, -0.25) is 0 Å². The van der Waals surface area contributed by atoms with Crippen molar-refractivity contribution >= 4 is 46.1 Å². The van der Waals surface area contributed by atoms with Crippen molar-refractivity contribution in [2.45, 2.75) is 38.8 Å². The first-order valence-electron chi connectivity index (χ1n) is 6.80. The quantitative estimate of drug-likeness (QED) is 0.585. The maximum absolute atomic E-state index is 11.8. The van der Waals surface area contributed by atoms with Crippen molar-refractivity contribution in [2.24, 2.45) is 0 Å². The van der Waals surface area contributed by atoms with Gasteiger partial charge in [-0.1, -0.05) is 11.6 Å². The molecule has 0 aliphatic carbocycles. The van der Waals surface area contributed by atoms with Gasteiger partial charge in [-0.15, -0.1) is 0 Å². The van der Waals surface area contributed by atoms with Crippen LogP contribution in [0.1, 0.15) is 27.2 Å². The lowest BCUT2D eigenvalue weighted by molar-refractivity contribution is 0.101. The van der Waals surface area contributed by atoms with E-state index in [4.69, 9.17) is 16.3 Å². The zero-order valence-electron chi connectivity index (χ0n) is 12.3. The standard InChI is InChI=1S/C14H19ClIN3O2/c1-14(2,3)18-13(20)21-10-4-5-19(8-10)12-7-9(16)6-11(15)17-12/h6-7,10H,4-5,8H2,1-3H3,(H,18,20)/t10-/m0/s1. The summed E-state index contributed by atoms with van der Waals surface area (Å²) in [5, 5.41) is 3.28. The molecule has 2 heterocycles. The van der Waals surface area contributed by atoms with Crippen LogP contribution in [-0.2, 0) is 4.74 Å². The van der Waals surface area contributed by atoms with E-state index in [9.17, 15) is 4.79 Å². The van der Waals surface area contributed by atoms with Crippen molar-refractivity contribution in [3.63, 3.8) is 0 Å². The second-order valence-electron chi connectivity index (χ2n) is 6.10. The Balaban J connectivity index is 1.93. The average molecular weight is 424 g/mol. The lowest BCUT2D eigenvalue weighted by Crippen LogP contribution is -2.42. The number of pyridine rings is 1. The monoisotopic (exact) mass is 423 g/mol. The van der Waals surface area contributed by atoms with Crippen LogP contribution >= 0.6 is 34.2 Å². The van der Waals surface area contributed by atoms with Gasteiger partial charge >= 0.3 is 6.09 Å². The molecule has 1 aromatic rings. The zero-order chi connectivity index (χ0) is 15.6. The Morgan fingerprint density at radius 1 is 1.52 bits per heavy atom. The van der Waals surface area contributed by atoms with Gasteiger partial charge in [0.1, 0.15) is 17.1 Å². The first-order valence-corrected chi connectivity index (χ1v) is 8.25. The van der Waals surface area contributed by atoms with Crippen molar-refractivity contribution in [2.75, 3.05) is 18.0 Å². The number of aromatic nitrogens is 1. The van der Waals surface area contributed by atoms with E-state index in [-0.39, 0.29) is 17.7 Å². The molecule has 0 bridgehead atoms. The maximum Gasteiger partial charge on any atom is 0.407 e. The number of hydrogen-bond acceptors (Lipinski definition) is 4. The summed E-state index contributed by atoms with van der Waals surface area (Å²) in [5.74, 6) is 0.828. The normalized spacial score (nSPS) is 18.7. The smallest absolute Gasteiger partial charge is 0.407 e. The van der Waals surface area contributed by atoms with Crippen LogP contribution in [0.4, 0.5) is 10.6 Å². The molecule has 0 aromatic carbocycles. The van der Waals surface area contributed by atoms with Crippen LogP contribution in [-0.4, -0.2) is 35.8 Å². The van der Waals surface area contributed by atoms with Crippen LogP contribution < -0.4 is 10.2 Å². The van der Waals surface area contributed by atoms with Gasteiger partial charge in [-0.2, -0.15) is 0 Å². The molecule has 5 nitrogen and oxygen atoms in total. The Kier molecular flexibility index (Phi) is 5.19. The molecule has 1 atom stereocenters. The highest BCUT2D eigenvalue weighted by atomic mass is 127. The average Bonchev–Trinajstić information content (AvgIpc) is 2.73. The second kappa shape index (κ2) is 6.56. The van der Waals surface area contributed by atoms with Gasteiger partial charge in [0.15, 0.2) is 0 Å². The van der Waals surface area contributed by atoms with E-state index in [1.165, 1.54) is 0 Å². The van der Waals surface area contributed by atoms with Crippen molar-refractivity contribution in [3.05, 3.63) is 20.9 Å². The minimum atomic E-state index is -0.372. The molecule has 0 radical (unpaired) electrons. The van der Waals surface area contributed by atoms with Gasteiger partial charge in [0, 0.05) is 22.1 Å². The van der Waals surface area contributed by atoms with E-state index in [1.807, 2.05) is 32.9 Å². The van der Waals surface area contributed by atoms with Crippen molar-refractivity contribution in [1.82, 2.24) is 10.3 Å². The first-order chi connectivity index (χ1) is 9.73. The molecular weight excluding hydrogens is 405 g/mol. The molecule has 7 heteroatoms. The molecule has 116 valence electrons. The number of anilines is 1. The Morgan fingerprint density at radius 3 is 2.86 bits per heavy atom. The number of carbonyl (C=O) groups is 1. The number of amides is 1. The second-order valence-corrected chi connectivity index (χ2v) is 7.74. The summed E-state index contributed by atoms with van der Waals surface area (Å²) in [4.78, 5) is 18.2. The fourth-order valence-electron chi connectivity index (χ4n) is 2.13. The molecule has 1 N–H and O–H groups in total.